The molecule has 3 rings (SSSR count). The molecule has 1 amide bonds. The van der Waals surface area contributed by atoms with Crippen molar-refractivity contribution in [2.24, 2.45) is 5.10 Å². The first-order chi connectivity index (χ1) is 14.6. The van der Waals surface area contributed by atoms with E-state index in [4.69, 9.17) is 25.8 Å². The van der Waals surface area contributed by atoms with Gasteiger partial charge in [-0.1, -0.05) is 41.9 Å². The minimum Gasteiger partial charge on any atom is -0.497 e. The predicted octanol–water partition coefficient (Wildman–Crippen LogP) is 4.70. The lowest BCUT2D eigenvalue weighted by Gasteiger charge is -2.10. The Morgan fingerprint density at radius 3 is 2.37 bits per heavy atom. The molecule has 0 heterocycles. The Balaban J connectivity index is 1.68. The van der Waals surface area contributed by atoms with E-state index in [1.165, 1.54) is 20.4 Å². The molecule has 0 bridgehead atoms. The standard InChI is InChI=1S/C23H21ClN2O4/c1-28-19-11-18(12-20(13-19)29-2)23(27)26-25-14-16-7-4-6-10-22(16)30-15-17-8-3-5-9-21(17)24/h3-14H,15H2,1-2H3,(H,26,27). The van der Waals surface area contributed by atoms with E-state index in [2.05, 4.69) is 10.5 Å². The minimum atomic E-state index is -0.391. The van der Waals surface area contributed by atoms with E-state index >= 15 is 0 Å². The molecule has 0 aliphatic heterocycles. The van der Waals surface area contributed by atoms with Gasteiger partial charge in [-0.05, 0) is 30.3 Å². The fraction of sp³-hybridized carbons (Fsp3) is 0.130. The van der Waals surface area contributed by atoms with Gasteiger partial charge in [-0.15, -0.1) is 0 Å². The Bertz CT molecular complexity index is 1030. The Hall–Kier alpha value is -3.51. The number of benzene rings is 3. The summed E-state index contributed by atoms with van der Waals surface area (Å²) in [5, 5.41) is 4.69. The maximum absolute atomic E-state index is 12.4. The van der Waals surface area contributed by atoms with Crippen LogP contribution in [0.3, 0.4) is 0 Å². The number of methoxy groups -OCH3 is 2. The topological polar surface area (TPSA) is 69.2 Å². The molecule has 0 spiro atoms. The molecule has 3 aromatic rings. The van der Waals surface area contributed by atoms with Crippen LogP contribution in [-0.4, -0.2) is 26.3 Å². The summed E-state index contributed by atoms with van der Waals surface area (Å²) in [4.78, 5) is 12.4. The number of nitrogens with zero attached hydrogens (tertiary/aromatic N) is 1. The number of amides is 1. The van der Waals surface area contributed by atoms with E-state index in [-0.39, 0.29) is 0 Å². The van der Waals surface area contributed by atoms with Crippen molar-refractivity contribution in [1.29, 1.82) is 0 Å². The normalized spacial score (nSPS) is 10.6. The van der Waals surface area contributed by atoms with Crippen LogP contribution < -0.4 is 19.6 Å². The second kappa shape index (κ2) is 10.3. The van der Waals surface area contributed by atoms with Crippen LogP contribution in [0, 0.1) is 0 Å². The highest BCUT2D eigenvalue weighted by Gasteiger charge is 2.09. The lowest BCUT2D eigenvalue weighted by molar-refractivity contribution is 0.0954. The monoisotopic (exact) mass is 424 g/mol. The third-order valence-corrected chi connectivity index (χ3v) is 4.61. The van der Waals surface area contributed by atoms with Gasteiger partial charge in [0.15, 0.2) is 0 Å². The SMILES string of the molecule is COc1cc(OC)cc(C(=O)NN=Cc2ccccc2OCc2ccccc2Cl)c1. The van der Waals surface area contributed by atoms with Crippen LogP contribution >= 0.6 is 11.6 Å². The van der Waals surface area contributed by atoms with Gasteiger partial charge < -0.3 is 14.2 Å². The summed E-state index contributed by atoms with van der Waals surface area (Å²) in [6.07, 6.45) is 1.53. The summed E-state index contributed by atoms with van der Waals surface area (Å²) < 4.78 is 16.3. The molecule has 0 aliphatic rings. The Morgan fingerprint density at radius 2 is 1.67 bits per heavy atom. The van der Waals surface area contributed by atoms with Gasteiger partial charge >= 0.3 is 0 Å². The van der Waals surface area contributed by atoms with Crippen molar-refractivity contribution in [3.63, 3.8) is 0 Å². The zero-order valence-corrected chi connectivity index (χ0v) is 17.3. The van der Waals surface area contributed by atoms with E-state index < -0.39 is 5.91 Å². The Labute approximate surface area is 180 Å². The van der Waals surface area contributed by atoms with Crippen molar-refractivity contribution >= 4 is 23.7 Å². The molecule has 0 radical (unpaired) electrons. The van der Waals surface area contributed by atoms with E-state index in [1.54, 1.807) is 18.2 Å². The minimum absolute atomic E-state index is 0.320. The molecular weight excluding hydrogens is 404 g/mol. The third kappa shape index (κ3) is 5.52. The first-order valence-corrected chi connectivity index (χ1v) is 9.50. The van der Waals surface area contributed by atoms with Crippen LogP contribution in [0.15, 0.2) is 71.8 Å². The van der Waals surface area contributed by atoms with E-state index in [0.29, 0.717) is 40.0 Å². The molecule has 0 atom stereocenters. The molecule has 0 saturated carbocycles. The van der Waals surface area contributed by atoms with Gasteiger partial charge in [0.1, 0.15) is 23.9 Å². The largest absolute Gasteiger partial charge is 0.497 e. The number of halogens is 1. The molecule has 6 nitrogen and oxygen atoms in total. The van der Waals surface area contributed by atoms with Gasteiger partial charge in [-0.25, -0.2) is 5.43 Å². The van der Waals surface area contributed by atoms with Crippen molar-refractivity contribution in [3.8, 4) is 17.2 Å². The van der Waals surface area contributed by atoms with E-state index in [9.17, 15) is 4.79 Å². The highest BCUT2D eigenvalue weighted by atomic mass is 35.5. The fourth-order valence-corrected chi connectivity index (χ4v) is 2.84. The number of ether oxygens (including phenoxy) is 3. The molecule has 154 valence electrons. The number of carbonyl (C=O) groups is 1. The van der Waals surface area contributed by atoms with E-state index in [1.807, 2.05) is 48.5 Å². The van der Waals surface area contributed by atoms with Gasteiger partial charge in [-0.3, -0.25) is 4.79 Å². The van der Waals surface area contributed by atoms with Crippen LogP contribution in [0.25, 0.3) is 0 Å². The fourth-order valence-electron chi connectivity index (χ4n) is 2.65. The van der Waals surface area contributed by atoms with Crippen molar-refractivity contribution < 1.29 is 19.0 Å². The maximum atomic E-state index is 12.4. The number of rotatable bonds is 8. The second-order valence-electron chi connectivity index (χ2n) is 6.22. The number of hydrogen-bond donors (Lipinski definition) is 1. The maximum Gasteiger partial charge on any atom is 0.271 e. The van der Waals surface area contributed by atoms with Crippen molar-refractivity contribution in [2.45, 2.75) is 6.61 Å². The average Bonchev–Trinajstić information content (AvgIpc) is 2.78. The summed E-state index contributed by atoms with van der Waals surface area (Å²) in [6, 6.07) is 19.8. The van der Waals surface area contributed by atoms with Gasteiger partial charge in [0, 0.05) is 27.8 Å². The summed E-state index contributed by atoms with van der Waals surface area (Å²) in [6.45, 7) is 0.320. The molecule has 0 aliphatic carbocycles. The van der Waals surface area contributed by atoms with Crippen LogP contribution in [0.5, 0.6) is 17.2 Å². The van der Waals surface area contributed by atoms with Gasteiger partial charge in [0.2, 0.25) is 0 Å². The molecule has 0 unspecified atom stereocenters. The Kier molecular flexibility index (Phi) is 7.29. The molecule has 1 N–H and O–H groups in total. The average molecular weight is 425 g/mol. The smallest absolute Gasteiger partial charge is 0.271 e. The molecule has 0 fully saturated rings. The molecular formula is C23H21ClN2O4. The van der Waals surface area contributed by atoms with Gasteiger partial charge in [-0.2, -0.15) is 5.10 Å². The van der Waals surface area contributed by atoms with Crippen molar-refractivity contribution in [3.05, 3.63) is 88.4 Å². The molecule has 30 heavy (non-hydrogen) atoms. The number of nitrogens with one attached hydrogen (secondary N) is 1. The quantitative estimate of drug-likeness (QED) is 0.420. The first kappa shape index (κ1) is 21.2. The van der Waals surface area contributed by atoms with Crippen LogP contribution in [0.2, 0.25) is 5.02 Å². The number of carbonyl (C=O) groups excluding carboxylic acids is 1. The van der Waals surface area contributed by atoms with Gasteiger partial charge in [0.25, 0.3) is 5.91 Å². The Morgan fingerprint density at radius 1 is 1.00 bits per heavy atom. The van der Waals surface area contributed by atoms with Crippen LogP contribution in [0.1, 0.15) is 21.5 Å². The molecule has 7 heteroatoms. The first-order valence-electron chi connectivity index (χ1n) is 9.12. The summed E-state index contributed by atoms with van der Waals surface area (Å²) in [7, 11) is 3.04. The third-order valence-electron chi connectivity index (χ3n) is 4.24. The summed E-state index contributed by atoms with van der Waals surface area (Å²) in [5.41, 5.74) is 4.47. The molecule has 0 saturated heterocycles. The van der Waals surface area contributed by atoms with Crippen molar-refractivity contribution in [2.75, 3.05) is 14.2 Å². The lowest BCUT2D eigenvalue weighted by atomic mass is 10.2. The second-order valence-corrected chi connectivity index (χ2v) is 6.63. The van der Waals surface area contributed by atoms with Crippen LogP contribution in [0.4, 0.5) is 0 Å². The lowest BCUT2D eigenvalue weighted by Crippen LogP contribution is -2.17. The number of para-hydroxylation sites is 1. The predicted molar refractivity (Wildman–Crippen MR) is 117 cm³/mol. The number of hydrazone groups is 1. The zero-order valence-electron chi connectivity index (χ0n) is 16.6. The van der Waals surface area contributed by atoms with Crippen LogP contribution in [-0.2, 0) is 6.61 Å². The van der Waals surface area contributed by atoms with Crippen molar-refractivity contribution in [1.82, 2.24) is 5.43 Å². The highest BCUT2D eigenvalue weighted by molar-refractivity contribution is 6.31. The van der Waals surface area contributed by atoms with E-state index in [0.717, 1.165) is 5.56 Å². The molecule has 3 aromatic carbocycles. The molecule has 0 aromatic heterocycles. The highest BCUT2D eigenvalue weighted by Crippen LogP contribution is 2.23. The zero-order chi connectivity index (χ0) is 21.3. The summed E-state index contributed by atoms with van der Waals surface area (Å²) >= 11 is 6.18. The summed E-state index contributed by atoms with van der Waals surface area (Å²) in [5.74, 6) is 1.26. The van der Waals surface area contributed by atoms with Gasteiger partial charge in [0.05, 0.1) is 20.4 Å². The number of hydrogen-bond acceptors (Lipinski definition) is 5.